The minimum absolute atomic E-state index is 0.0697. The Labute approximate surface area is 116 Å². The summed E-state index contributed by atoms with van der Waals surface area (Å²) in [6.45, 7) is 5.53. The number of benzene rings is 1. The summed E-state index contributed by atoms with van der Waals surface area (Å²) in [6, 6.07) is 6.69. The predicted molar refractivity (Wildman–Crippen MR) is 76.0 cm³/mol. The van der Waals surface area contributed by atoms with Gasteiger partial charge in [0.2, 0.25) is 0 Å². The van der Waals surface area contributed by atoms with Crippen molar-refractivity contribution >= 4 is 16.9 Å². The molecule has 0 unspecified atom stereocenters. The molecule has 0 atom stereocenters. The third-order valence-corrected chi connectivity index (χ3v) is 2.74. The van der Waals surface area contributed by atoms with Crippen LogP contribution in [0.15, 0.2) is 33.5 Å². The number of amides is 1. The number of hydrogen-bond donors (Lipinski definition) is 1. The zero-order chi connectivity index (χ0) is 14.7. The Kier molecular flexibility index (Phi) is 4.08. The van der Waals surface area contributed by atoms with Gasteiger partial charge in [0.25, 0.3) is 5.91 Å². The minimum Gasteiger partial charge on any atom is -0.484 e. The molecule has 0 radical (unpaired) electrons. The van der Waals surface area contributed by atoms with E-state index in [-0.39, 0.29) is 18.6 Å². The number of rotatable bonds is 4. The van der Waals surface area contributed by atoms with Crippen molar-refractivity contribution in [2.45, 2.75) is 26.8 Å². The van der Waals surface area contributed by atoms with Crippen molar-refractivity contribution in [2.24, 2.45) is 0 Å². The van der Waals surface area contributed by atoms with E-state index in [0.717, 1.165) is 10.9 Å². The van der Waals surface area contributed by atoms with E-state index in [4.69, 9.17) is 9.15 Å². The molecule has 1 N–H and O–H groups in total. The molecule has 5 heteroatoms. The first-order valence-electron chi connectivity index (χ1n) is 6.42. The van der Waals surface area contributed by atoms with E-state index < -0.39 is 5.63 Å². The fourth-order valence-corrected chi connectivity index (χ4v) is 1.91. The summed E-state index contributed by atoms with van der Waals surface area (Å²) in [5, 5.41) is 3.58. The maximum absolute atomic E-state index is 11.5. The number of fused-ring (bicyclic) bond motifs is 1. The summed E-state index contributed by atoms with van der Waals surface area (Å²) < 4.78 is 10.5. The van der Waals surface area contributed by atoms with Crippen molar-refractivity contribution in [1.29, 1.82) is 0 Å². The van der Waals surface area contributed by atoms with Crippen LogP contribution in [0, 0.1) is 6.92 Å². The molecule has 0 aliphatic rings. The second-order valence-corrected chi connectivity index (χ2v) is 4.92. The molecule has 1 aromatic heterocycles. The molecule has 1 heterocycles. The number of hydrogen-bond acceptors (Lipinski definition) is 4. The molecular weight excluding hydrogens is 258 g/mol. The highest BCUT2D eigenvalue weighted by Crippen LogP contribution is 2.22. The summed E-state index contributed by atoms with van der Waals surface area (Å²) >= 11 is 0. The molecule has 20 heavy (non-hydrogen) atoms. The van der Waals surface area contributed by atoms with Crippen molar-refractivity contribution in [3.63, 3.8) is 0 Å². The molecule has 5 nitrogen and oxygen atoms in total. The molecule has 0 aliphatic heterocycles. The average molecular weight is 275 g/mol. The first-order valence-corrected chi connectivity index (χ1v) is 6.42. The molecule has 2 rings (SSSR count). The van der Waals surface area contributed by atoms with Gasteiger partial charge >= 0.3 is 5.63 Å². The minimum atomic E-state index is -0.398. The van der Waals surface area contributed by atoms with Gasteiger partial charge < -0.3 is 14.5 Å². The zero-order valence-electron chi connectivity index (χ0n) is 11.7. The van der Waals surface area contributed by atoms with Gasteiger partial charge in [-0.3, -0.25) is 4.79 Å². The van der Waals surface area contributed by atoms with Crippen LogP contribution in [0.25, 0.3) is 11.0 Å². The lowest BCUT2D eigenvalue weighted by molar-refractivity contribution is -0.123. The van der Waals surface area contributed by atoms with Crippen molar-refractivity contribution < 1.29 is 13.9 Å². The first kappa shape index (κ1) is 14.1. The predicted octanol–water partition coefficient (Wildman–Crippen LogP) is 2.00. The van der Waals surface area contributed by atoms with Crippen molar-refractivity contribution in [1.82, 2.24) is 5.32 Å². The molecule has 0 saturated carbocycles. The summed E-state index contributed by atoms with van der Waals surface area (Å²) in [6.07, 6.45) is 0. The lowest BCUT2D eigenvalue weighted by Gasteiger charge is -2.10. The number of ether oxygens (including phenoxy) is 1. The van der Waals surface area contributed by atoms with Crippen molar-refractivity contribution in [3.8, 4) is 5.75 Å². The van der Waals surface area contributed by atoms with Gasteiger partial charge in [0, 0.05) is 23.6 Å². The maximum Gasteiger partial charge on any atom is 0.336 e. The SMILES string of the molecule is Cc1cc(=O)oc2cc(OCC(=O)NC(C)C)ccc12. The molecule has 0 spiro atoms. The third-order valence-electron chi connectivity index (χ3n) is 2.74. The normalized spacial score (nSPS) is 10.8. The molecule has 0 aliphatic carbocycles. The Bertz CT molecular complexity index is 688. The van der Waals surface area contributed by atoms with E-state index in [1.807, 2.05) is 26.8 Å². The molecule has 0 saturated heterocycles. The number of nitrogens with one attached hydrogen (secondary N) is 1. The Morgan fingerprint density at radius 2 is 2.10 bits per heavy atom. The first-order chi connectivity index (χ1) is 9.45. The van der Waals surface area contributed by atoms with E-state index in [9.17, 15) is 9.59 Å². The zero-order valence-corrected chi connectivity index (χ0v) is 11.7. The Hall–Kier alpha value is -2.30. The van der Waals surface area contributed by atoms with Gasteiger partial charge in [-0.25, -0.2) is 4.79 Å². The number of carbonyl (C=O) groups excluding carboxylic acids is 1. The summed E-state index contributed by atoms with van der Waals surface area (Å²) in [4.78, 5) is 22.8. The van der Waals surface area contributed by atoms with Crippen molar-refractivity contribution in [2.75, 3.05) is 6.61 Å². The molecule has 0 fully saturated rings. The van der Waals surface area contributed by atoms with Crippen LogP contribution in [0.4, 0.5) is 0 Å². The Morgan fingerprint density at radius 3 is 2.80 bits per heavy atom. The third kappa shape index (κ3) is 3.38. The fourth-order valence-electron chi connectivity index (χ4n) is 1.91. The molecule has 0 bridgehead atoms. The van der Waals surface area contributed by atoms with E-state index in [2.05, 4.69) is 5.32 Å². The fraction of sp³-hybridized carbons (Fsp3) is 0.333. The van der Waals surface area contributed by atoms with Gasteiger partial charge in [-0.1, -0.05) is 0 Å². The van der Waals surface area contributed by atoms with Gasteiger partial charge in [0.05, 0.1) is 0 Å². The van der Waals surface area contributed by atoms with Crippen molar-refractivity contribution in [3.05, 3.63) is 40.2 Å². The number of carbonyl (C=O) groups is 1. The largest absolute Gasteiger partial charge is 0.484 e. The number of aryl methyl sites for hydroxylation is 1. The molecule has 1 aromatic carbocycles. The van der Waals surface area contributed by atoms with Crippen LogP contribution in [-0.2, 0) is 4.79 Å². The quantitative estimate of drug-likeness (QED) is 0.867. The lowest BCUT2D eigenvalue weighted by atomic mass is 10.1. The van der Waals surface area contributed by atoms with Gasteiger partial charge in [0.15, 0.2) is 6.61 Å². The highest BCUT2D eigenvalue weighted by Gasteiger charge is 2.07. The van der Waals surface area contributed by atoms with Gasteiger partial charge in [-0.2, -0.15) is 0 Å². The van der Waals surface area contributed by atoms with E-state index in [1.54, 1.807) is 12.1 Å². The van der Waals surface area contributed by atoms with Crippen LogP contribution in [0.3, 0.4) is 0 Å². The second kappa shape index (κ2) is 5.77. The summed E-state index contributed by atoms with van der Waals surface area (Å²) in [5.41, 5.74) is 0.904. The molecular formula is C15H17NO4. The second-order valence-electron chi connectivity index (χ2n) is 4.92. The van der Waals surface area contributed by atoms with Gasteiger partial charge in [0.1, 0.15) is 11.3 Å². The van der Waals surface area contributed by atoms with E-state index in [1.165, 1.54) is 6.07 Å². The highest BCUT2D eigenvalue weighted by atomic mass is 16.5. The summed E-state index contributed by atoms with van der Waals surface area (Å²) in [7, 11) is 0. The van der Waals surface area contributed by atoms with Gasteiger partial charge in [-0.15, -0.1) is 0 Å². The van der Waals surface area contributed by atoms with Crippen LogP contribution in [0.2, 0.25) is 0 Å². The average Bonchev–Trinajstić information content (AvgIpc) is 2.34. The maximum atomic E-state index is 11.5. The smallest absolute Gasteiger partial charge is 0.336 e. The molecule has 2 aromatic rings. The van der Waals surface area contributed by atoms with Crippen LogP contribution in [0.1, 0.15) is 19.4 Å². The van der Waals surface area contributed by atoms with E-state index in [0.29, 0.717) is 11.3 Å². The Morgan fingerprint density at radius 1 is 1.35 bits per heavy atom. The van der Waals surface area contributed by atoms with Crippen LogP contribution in [-0.4, -0.2) is 18.6 Å². The van der Waals surface area contributed by atoms with Crippen LogP contribution >= 0.6 is 0 Å². The highest BCUT2D eigenvalue weighted by molar-refractivity contribution is 5.81. The monoisotopic (exact) mass is 275 g/mol. The topological polar surface area (TPSA) is 68.5 Å². The standard InChI is InChI=1S/C15H17NO4/c1-9(2)16-14(17)8-19-11-4-5-12-10(3)6-15(18)20-13(12)7-11/h4-7,9H,8H2,1-3H3,(H,16,17). The molecule has 1 amide bonds. The summed E-state index contributed by atoms with van der Waals surface area (Å²) in [5.74, 6) is 0.302. The van der Waals surface area contributed by atoms with Crippen LogP contribution < -0.4 is 15.7 Å². The van der Waals surface area contributed by atoms with Crippen LogP contribution in [0.5, 0.6) is 5.75 Å². The lowest BCUT2D eigenvalue weighted by Crippen LogP contribution is -2.34. The Balaban J connectivity index is 2.16. The van der Waals surface area contributed by atoms with E-state index >= 15 is 0 Å². The van der Waals surface area contributed by atoms with Gasteiger partial charge in [-0.05, 0) is 38.5 Å². The molecule has 106 valence electrons.